The van der Waals surface area contributed by atoms with Gasteiger partial charge in [0.25, 0.3) is 0 Å². The molecule has 0 aliphatic carbocycles. The zero-order chi connectivity index (χ0) is 29.7. The van der Waals surface area contributed by atoms with E-state index in [1.54, 1.807) is 0 Å². The number of carbonyl (C=O) groups is 1. The normalized spacial score (nSPS) is 14.7. The van der Waals surface area contributed by atoms with Crippen molar-refractivity contribution in [1.82, 2.24) is 0 Å². The Morgan fingerprint density at radius 2 is 0.825 bits per heavy atom. The average Bonchev–Trinajstić information content (AvgIpc) is 2.93. The molecule has 40 heavy (non-hydrogen) atoms. The summed E-state index contributed by atoms with van der Waals surface area (Å²) in [6.45, 7) is 4.13. The molecular weight excluding hydrogens is 500 g/mol. The Morgan fingerprint density at radius 1 is 0.500 bits per heavy atom. The van der Waals surface area contributed by atoms with Crippen LogP contribution in [0.1, 0.15) is 187 Å². The smallest absolute Gasteiger partial charge is 0.306 e. The van der Waals surface area contributed by atoms with Gasteiger partial charge >= 0.3 is 5.97 Å². The fraction of sp³-hybridized carbons (Fsp3) is 0.971. The van der Waals surface area contributed by atoms with Gasteiger partial charge in [0.15, 0.2) is 0 Å². The van der Waals surface area contributed by atoms with E-state index in [9.17, 15) is 25.2 Å². The number of carboxylic acid groups (broad SMARTS) is 1. The summed E-state index contributed by atoms with van der Waals surface area (Å²) in [5.74, 6) is -1.72. The summed E-state index contributed by atoms with van der Waals surface area (Å²) in [6, 6.07) is 0. The van der Waals surface area contributed by atoms with E-state index in [2.05, 4.69) is 13.8 Å². The van der Waals surface area contributed by atoms with Crippen LogP contribution in [0.2, 0.25) is 0 Å². The van der Waals surface area contributed by atoms with Crippen molar-refractivity contribution in [1.29, 1.82) is 0 Å². The largest absolute Gasteiger partial charge is 0.481 e. The molecule has 4 atom stereocenters. The Morgan fingerprint density at radius 3 is 1.18 bits per heavy atom. The number of unbranched alkanes of at least 4 members (excludes halogenated alkanes) is 21. The lowest BCUT2D eigenvalue weighted by Crippen LogP contribution is -2.31. The molecule has 0 saturated carbocycles. The molecule has 0 spiro atoms. The number of aliphatic carboxylic acids is 1. The van der Waals surface area contributed by atoms with Crippen molar-refractivity contribution in [3.8, 4) is 0 Å². The topological polar surface area (TPSA) is 98.0 Å². The molecule has 0 aliphatic rings. The van der Waals surface area contributed by atoms with Gasteiger partial charge in [-0.3, -0.25) is 4.79 Å². The minimum absolute atomic E-state index is 0.237. The van der Waals surface area contributed by atoms with E-state index in [0.717, 1.165) is 32.1 Å². The Bertz CT molecular complexity index is 526. The summed E-state index contributed by atoms with van der Waals surface area (Å²) in [5.41, 5.74) is 0. The molecule has 0 amide bonds. The van der Waals surface area contributed by atoms with E-state index in [-0.39, 0.29) is 18.9 Å². The van der Waals surface area contributed by atoms with Gasteiger partial charge in [-0.15, -0.1) is 0 Å². The second kappa shape index (κ2) is 29.8. The third-order valence-corrected chi connectivity index (χ3v) is 8.76. The molecule has 0 aromatic rings. The van der Waals surface area contributed by atoms with Gasteiger partial charge in [-0.25, -0.2) is 0 Å². The fourth-order valence-corrected chi connectivity index (χ4v) is 6.13. The van der Waals surface area contributed by atoms with Crippen LogP contribution in [0.15, 0.2) is 0 Å². The highest BCUT2D eigenvalue weighted by Gasteiger charge is 2.31. The molecule has 0 fully saturated rings. The molecule has 240 valence electrons. The van der Waals surface area contributed by atoms with E-state index in [1.165, 1.54) is 116 Å². The Labute approximate surface area is 248 Å². The van der Waals surface area contributed by atoms with Crippen molar-refractivity contribution >= 4 is 5.97 Å². The first-order valence-electron chi connectivity index (χ1n) is 17.7. The first-order chi connectivity index (χ1) is 19.5. The number of aliphatic hydroxyl groups excluding tert-OH is 3. The number of aliphatic hydroxyl groups is 3. The summed E-state index contributed by atoms with van der Waals surface area (Å²) in [6.07, 6.45) is 29.3. The van der Waals surface area contributed by atoms with Gasteiger partial charge in [0, 0.05) is 0 Å². The Balaban J connectivity index is 4.20. The van der Waals surface area contributed by atoms with Crippen LogP contribution in [0, 0.1) is 11.8 Å². The van der Waals surface area contributed by atoms with Gasteiger partial charge in [-0.05, 0) is 31.6 Å². The third-order valence-electron chi connectivity index (χ3n) is 8.76. The lowest BCUT2D eigenvalue weighted by Gasteiger charge is -2.28. The van der Waals surface area contributed by atoms with Crippen LogP contribution in [0.5, 0.6) is 0 Å². The molecule has 4 N–H and O–H groups in total. The molecule has 0 heterocycles. The van der Waals surface area contributed by atoms with Gasteiger partial charge in [-0.1, -0.05) is 162 Å². The second-order valence-corrected chi connectivity index (χ2v) is 12.7. The van der Waals surface area contributed by atoms with Gasteiger partial charge in [0.1, 0.15) is 0 Å². The van der Waals surface area contributed by atoms with Gasteiger partial charge in [-0.2, -0.15) is 0 Å². The summed E-state index contributed by atoms with van der Waals surface area (Å²) < 4.78 is 0. The molecule has 0 aromatic heterocycles. The van der Waals surface area contributed by atoms with Crippen molar-refractivity contribution < 1.29 is 25.2 Å². The highest BCUT2D eigenvalue weighted by Crippen LogP contribution is 2.30. The minimum atomic E-state index is -0.928. The minimum Gasteiger partial charge on any atom is -0.481 e. The van der Waals surface area contributed by atoms with Crippen LogP contribution in [-0.2, 0) is 4.79 Å². The van der Waals surface area contributed by atoms with Crippen LogP contribution in [0.4, 0.5) is 0 Å². The summed E-state index contributed by atoms with van der Waals surface area (Å²) in [4.78, 5) is 12.2. The lowest BCUT2D eigenvalue weighted by molar-refractivity contribution is -0.145. The van der Waals surface area contributed by atoms with Gasteiger partial charge in [0.2, 0.25) is 0 Å². The van der Waals surface area contributed by atoms with Crippen LogP contribution >= 0.6 is 0 Å². The van der Waals surface area contributed by atoms with Crippen LogP contribution in [-0.4, -0.2) is 45.2 Å². The third kappa shape index (κ3) is 25.1. The maximum atomic E-state index is 12.2. The second-order valence-electron chi connectivity index (χ2n) is 12.7. The van der Waals surface area contributed by atoms with Crippen molar-refractivity contribution in [3.05, 3.63) is 0 Å². The summed E-state index contributed by atoms with van der Waals surface area (Å²) in [5, 5.41) is 40.1. The van der Waals surface area contributed by atoms with E-state index in [4.69, 9.17) is 0 Å². The first-order valence-corrected chi connectivity index (χ1v) is 17.7. The van der Waals surface area contributed by atoms with E-state index in [1.807, 2.05) is 0 Å². The zero-order valence-electron chi connectivity index (χ0n) is 26.8. The molecule has 0 bridgehead atoms. The molecule has 0 aliphatic heterocycles. The quantitative estimate of drug-likeness (QED) is 0.0604. The monoisotopic (exact) mass is 571 g/mol. The van der Waals surface area contributed by atoms with Gasteiger partial charge in [0.05, 0.1) is 24.7 Å². The molecule has 0 saturated heterocycles. The molecule has 5 heteroatoms. The van der Waals surface area contributed by atoms with Gasteiger partial charge < -0.3 is 20.4 Å². The first kappa shape index (κ1) is 39.4. The highest BCUT2D eigenvalue weighted by atomic mass is 16.4. The van der Waals surface area contributed by atoms with Crippen molar-refractivity contribution in [3.63, 3.8) is 0 Å². The standard InChI is InChI=1S/C35H70O5/c1-3-5-7-9-11-13-14-15-16-17-19-21-23-25-27-34(35(39)40)31(29-33(38)30-36)28-32(37)26-24-22-20-18-12-10-8-6-4-2/h31-34,36-38H,3-30H2,1-2H3,(H,39,40)/t31?,32?,33?,34-/m1/s1. The predicted molar refractivity (Wildman–Crippen MR) is 170 cm³/mol. The maximum absolute atomic E-state index is 12.2. The van der Waals surface area contributed by atoms with Crippen molar-refractivity contribution in [2.24, 2.45) is 11.8 Å². The van der Waals surface area contributed by atoms with Crippen LogP contribution < -0.4 is 0 Å². The maximum Gasteiger partial charge on any atom is 0.306 e. The molecule has 0 rings (SSSR count). The highest BCUT2D eigenvalue weighted by molar-refractivity contribution is 5.70. The molecule has 0 aromatic carbocycles. The van der Waals surface area contributed by atoms with Crippen molar-refractivity contribution in [2.45, 2.75) is 199 Å². The zero-order valence-corrected chi connectivity index (χ0v) is 26.8. The van der Waals surface area contributed by atoms with E-state index in [0.29, 0.717) is 19.3 Å². The van der Waals surface area contributed by atoms with E-state index >= 15 is 0 Å². The Kier molecular flexibility index (Phi) is 29.3. The number of hydrogen-bond donors (Lipinski definition) is 4. The molecule has 0 radical (unpaired) electrons. The fourth-order valence-electron chi connectivity index (χ4n) is 6.13. The Hall–Kier alpha value is -0.650. The molecule has 5 nitrogen and oxygen atoms in total. The van der Waals surface area contributed by atoms with Crippen molar-refractivity contribution in [2.75, 3.05) is 6.61 Å². The number of hydrogen-bond acceptors (Lipinski definition) is 4. The summed E-state index contributed by atoms with van der Waals surface area (Å²) in [7, 11) is 0. The SMILES string of the molecule is CCCCCCCCCCCCCCCC[C@@H](C(=O)O)C(CC(O)CO)CC(O)CCCCCCCCCCC. The van der Waals surface area contributed by atoms with Crippen LogP contribution in [0.3, 0.4) is 0 Å². The average molecular weight is 571 g/mol. The number of carboxylic acids is 1. The number of rotatable bonds is 32. The molecule has 3 unspecified atom stereocenters. The van der Waals surface area contributed by atoms with Crippen LogP contribution in [0.25, 0.3) is 0 Å². The summed E-state index contributed by atoms with van der Waals surface area (Å²) >= 11 is 0. The predicted octanol–water partition coefficient (Wildman–Crippen LogP) is 9.59. The molecular formula is C35H70O5. The van der Waals surface area contributed by atoms with E-state index < -0.39 is 24.1 Å². The lowest BCUT2D eigenvalue weighted by atomic mass is 9.79.